The lowest BCUT2D eigenvalue weighted by molar-refractivity contribution is 0.517. The average molecular weight is 213 g/mol. The second-order valence-electron chi connectivity index (χ2n) is 3.65. The van der Waals surface area contributed by atoms with Gasteiger partial charge in [-0.3, -0.25) is 0 Å². The van der Waals surface area contributed by atoms with Crippen LogP contribution in [0.1, 0.15) is 31.8 Å². The molecule has 1 unspecified atom stereocenters. The summed E-state index contributed by atoms with van der Waals surface area (Å²) in [6, 6.07) is 0.927. The highest BCUT2D eigenvalue weighted by Gasteiger charge is 2.05. The SMILES string of the molecule is CC(C)NCCNC(C)c1nccs1. The Morgan fingerprint density at radius 2 is 2.00 bits per heavy atom. The van der Waals surface area contributed by atoms with Crippen LogP contribution in [0.25, 0.3) is 0 Å². The summed E-state index contributed by atoms with van der Waals surface area (Å²) in [4.78, 5) is 4.27. The summed E-state index contributed by atoms with van der Waals surface area (Å²) in [5.41, 5.74) is 0. The van der Waals surface area contributed by atoms with Crippen molar-refractivity contribution in [3.63, 3.8) is 0 Å². The molecule has 2 N–H and O–H groups in total. The molecule has 3 nitrogen and oxygen atoms in total. The molecule has 0 radical (unpaired) electrons. The Labute approximate surface area is 89.9 Å². The number of rotatable bonds is 6. The van der Waals surface area contributed by atoms with Crippen LogP contribution >= 0.6 is 11.3 Å². The lowest BCUT2D eigenvalue weighted by Gasteiger charge is -2.12. The van der Waals surface area contributed by atoms with Crippen LogP contribution in [0.15, 0.2) is 11.6 Å². The molecule has 0 bridgehead atoms. The lowest BCUT2D eigenvalue weighted by atomic mass is 10.3. The highest BCUT2D eigenvalue weighted by Crippen LogP contribution is 2.13. The fourth-order valence-electron chi connectivity index (χ4n) is 1.19. The molecule has 80 valence electrons. The summed E-state index contributed by atoms with van der Waals surface area (Å²) in [5, 5.41) is 9.97. The first-order valence-electron chi connectivity index (χ1n) is 5.06. The van der Waals surface area contributed by atoms with Crippen LogP contribution in [0, 0.1) is 0 Å². The van der Waals surface area contributed by atoms with Gasteiger partial charge in [0.05, 0.1) is 6.04 Å². The van der Waals surface area contributed by atoms with E-state index < -0.39 is 0 Å². The Morgan fingerprint density at radius 1 is 1.29 bits per heavy atom. The standard InChI is InChI=1S/C10H19N3S/c1-8(2)11-4-5-12-9(3)10-13-6-7-14-10/h6-9,11-12H,4-5H2,1-3H3. The van der Waals surface area contributed by atoms with Gasteiger partial charge >= 0.3 is 0 Å². The molecular formula is C10H19N3S. The number of aromatic nitrogens is 1. The molecule has 0 aliphatic carbocycles. The quantitative estimate of drug-likeness (QED) is 0.707. The third kappa shape index (κ3) is 4.17. The van der Waals surface area contributed by atoms with Gasteiger partial charge in [-0.05, 0) is 6.92 Å². The summed E-state index contributed by atoms with van der Waals surface area (Å²) < 4.78 is 0. The minimum Gasteiger partial charge on any atom is -0.313 e. The predicted molar refractivity (Wildman–Crippen MR) is 61.7 cm³/mol. The van der Waals surface area contributed by atoms with Crippen LogP contribution in [0.3, 0.4) is 0 Å². The lowest BCUT2D eigenvalue weighted by Crippen LogP contribution is -2.32. The maximum atomic E-state index is 4.27. The molecule has 1 aromatic heterocycles. The van der Waals surface area contributed by atoms with E-state index >= 15 is 0 Å². The number of nitrogens with zero attached hydrogens (tertiary/aromatic N) is 1. The van der Waals surface area contributed by atoms with E-state index in [1.54, 1.807) is 11.3 Å². The average Bonchev–Trinajstić information content (AvgIpc) is 2.64. The van der Waals surface area contributed by atoms with Crippen molar-refractivity contribution in [1.29, 1.82) is 0 Å². The van der Waals surface area contributed by atoms with Gasteiger partial charge in [-0.25, -0.2) is 4.98 Å². The molecule has 0 fully saturated rings. The van der Waals surface area contributed by atoms with Crippen LogP contribution in [-0.4, -0.2) is 24.1 Å². The zero-order valence-corrected chi connectivity index (χ0v) is 9.90. The molecule has 1 aromatic rings. The van der Waals surface area contributed by atoms with Crippen molar-refractivity contribution in [2.24, 2.45) is 0 Å². The van der Waals surface area contributed by atoms with E-state index in [1.807, 2.05) is 11.6 Å². The van der Waals surface area contributed by atoms with Crippen molar-refractivity contribution >= 4 is 11.3 Å². The smallest absolute Gasteiger partial charge is 0.109 e. The van der Waals surface area contributed by atoms with Crippen LogP contribution in [0.5, 0.6) is 0 Å². The summed E-state index contributed by atoms with van der Waals surface area (Å²) in [5.74, 6) is 0. The van der Waals surface area contributed by atoms with E-state index in [9.17, 15) is 0 Å². The molecule has 0 spiro atoms. The van der Waals surface area contributed by atoms with E-state index in [1.165, 1.54) is 0 Å². The largest absolute Gasteiger partial charge is 0.313 e. The van der Waals surface area contributed by atoms with Gasteiger partial charge < -0.3 is 10.6 Å². The molecule has 0 amide bonds. The monoisotopic (exact) mass is 213 g/mol. The van der Waals surface area contributed by atoms with Gasteiger partial charge in [-0.15, -0.1) is 11.3 Å². The maximum absolute atomic E-state index is 4.27. The molecule has 14 heavy (non-hydrogen) atoms. The van der Waals surface area contributed by atoms with Crippen molar-refractivity contribution in [1.82, 2.24) is 15.6 Å². The highest BCUT2D eigenvalue weighted by molar-refractivity contribution is 7.09. The zero-order valence-electron chi connectivity index (χ0n) is 9.08. The Kier molecular flexibility index (Phi) is 5.07. The van der Waals surface area contributed by atoms with Gasteiger partial charge in [0.25, 0.3) is 0 Å². The maximum Gasteiger partial charge on any atom is 0.109 e. The van der Waals surface area contributed by atoms with Crippen molar-refractivity contribution in [2.75, 3.05) is 13.1 Å². The van der Waals surface area contributed by atoms with Crippen molar-refractivity contribution in [3.8, 4) is 0 Å². The second kappa shape index (κ2) is 6.11. The summed E-state index contributed by atoms with van der Waals surface area (Å²) >= 11 is 1.70. The van der Waals surface area contributed by atoms with Crippen LogP contribution in [-0.2, 0) is 0 Å². The number of hydrogen-bond donors (Lipinski definition) is 2. The molecule has 1 atom stereocenters. The summed E-state index contributed by atoms with van der Waals surface area (Å²) in [6.45, 7) is 8.45. The highest BCUT2D eigenvalue weighted by atomic mass is 32.1. The molecule has 1 rings (SSSR count). The molecule has 0 aliphatic rings. The van der Waals surface area contributed by atoms with E-state index in [2.05, 4.69) is 36.4 Å². The molecule has 0 aliphatic heterocycles. The number of nitrogens with one attached hydrogen (secondary N) is 2. The Bertz CT molecular complexity index is 234. The van der Waals surface area contributed by atoms with E-state index in [4.69, 9.17) is 0 Å². The van der Waals surface area contributed by atoms with Gasteiger partial charge in [-0.2, -0.15) is 0 Å². The Morgan fingerprint density at radius 3 is 2.57 bits per heavy atom. The van der Waals surface area contributed by atoms with Crippen molar-refractivity contribution in [2.45, 2.75) is 32.9 Å². The van der Waals surface area contributed by atoms with Crippen LogP contribution in [0.2, 0.25) is 0 Å². The summed E-state index contributed by atoms with van der Waals surface area (Å²) in [6.07, 6.45) is 1.85. The zero-order chi connectivity index (χ0) is 10.4. The first kappa shape index (κ1) is 11.6. The fraction of sp³-hybridized carbons (Fsp3) is 0.700. The van der Waals surface area contributed by atoms with Gasteiger partial charge in [0.1, 0.15) is 5.01 Å². The molecular weight excluding hydrogens is 194 g/mol. The van der Waals surface area contributed by atoms with Crippen molar-refractivity contribution in [3.05, 3.63) is 16.6 Å². The Balaban J connectivity index is 2.13. The molecule has 1 heterocycles. The number of thiazole rings is 1. The van der Waals surface area contributed by atoms with Crippen LogP contribution in [0.4, 0.5) is 0 Å². The topological polar surface area (TPSA) is 37.0 Å². The normalized spacial score (nSPS) is 13.4. The van der Waals surface area contributed by atoms with Gasteiger partial charge in [0, 0.05) is 30.7 Å². The molecule has 4 heteroatoms. The van der Waals surface area contributed by atoms with Crippen molar-refractivity contribution < 1.29 is 0 Å². The minimum atomic E-state index is 0.365. The third-order valence-electron chi connectivity index (χ3n) is 1.95. The number of hydrogen-bond acceptors (Lipinski definition) is 4. The first-order valence-corrected chi connectivity index (χ1v) is 5.94. The molecule has 0 saturated carbocycles. The van der Waals surface area contributed by atoms with E-state index in [0.29, 0.717) is 12.1 Å². The third-order valence-corrected chi connectivity index (χ3v) is 2.91. The second-order valence-corrected chi connectivity index (χ2v) is 4.58. The minimum absolute atomic E-state index is 0.365. The Hall–Kier alpha value is -0.450. The predicted octanol–water partition coefficient (Wildman–Crippen LogP) is 1.79. The van der Waals surface area contributed by atoms with Gasteiger partial charge in [0.15, 0.2) is 0 Å². The molecule has 0 aromatic carbocycles. The van der Waals surface area contributed by atoms with E-state index in [0.717, 1.165) is 18.1 Å². The van der Waals surface area contributed by atoms with E-state index in [-0.39, 0.29) is 0 Å². The van der Waals surface area contributed by atoms with Gasteiger partial charge in [0.2, 0.25) is 0 Å². The summed E-state index contributed by atoms with van der Waals surface area (Å²) in [7, 11) is 0. The fourth-order valence-corrected chi connectivity index (χ4v) is 1.86. The molecule has 0 saturated heterocycles. The first-order chi connectivity index (χ1) is 6.70. The van der Waals surface area contributed by atoms with Crippen LogP contribution < -0.4 is 10.6 Å². The van der Waals surface area contributed by atoms with Gasteiger partial charge in [-0.1, -0.05) is 13.8 Å².